The molecule has 2 rings (SSSR count). The van der Waals surface area contributed by atoms with E-state index in [1.807, 2.05) is 12.1 Å². The van der Waals surface area contributed by atoms with Gasteiger partial charge in [-0.05, 0) is 18.6 Å². The van der Waals surface area contributed by atoms with Gasteiger partial charge in [-0.1, -0.05) is 41.4 Å². The lowest BCUT2D eigenvalue weighted by Gasteiger charge is -2.01. The maximum atomic E-state index is 5.78. The second-order valence-electron chi connectivity index (χ2n) is 3.58. The molecule has 2 nitrogen and oxygen atoms in total. The van der Waals surface area contributed by atoms with Gasteiger partial charge in [0.05, 0.1) is 5.69 Å². The smallest absolute Gasteiger partial charge is 0.180 e. The first kappa shape index (κ1) is 11.6. The number of hydrogen-bond acceptors (Lipinski definition) is 3. The lowest BCUT2D eigenvalue weighted by atomic mass is 10.1. The third-order valence-corrected chi connectivity index (χ3v) is 3.78. The number of thiazole rings is 1. The SMILES string of the molecule is CCCc1sc(N)nc1-c1ccc(Br)cc1. The first-order valence-electron chi connectivity index (χ1n) is 5.22. The maximum absolute atomic E-state index is 5.78. The van der Waals surface area contributed by atoms with Crippen molar-refractivity contribution in [2.45, 2.75) is 19.8 Å². The third-order valence-electron chi connectivity index (χ3n) is 2.31. The summed E-state index contributed by atoms with van der Waals surface area (Å²) in [5.41, 5.74) is 7.95. The molecule has 16 heavy (non-hydrogen) atoms. The summed E-state index contributed by atoms with van der Waals surface area (Å²) in [6.45, 7) is 2.17. The Hall–Kier alpha value is -0.870. The van der Waals surface area contributed by atoms with Gasteiger partial charge in [0.1, 0.15) is 0 Å². The quantitative estimate of drug-likeness (QED) is 0.926. The molecular weight excluding hydrogens is 284 g/mol. The van der Waals surface area contributed by atoms with Gasteiger partial charge in [-0.15, -0.1) is 11.3 Å². The number of rotatable bonds is 3. The normalized spacial score (nSPS) is 10.6. The van der Waals surface area contributed by atoms with Crippen LogP contribution in [0.2, 0.25) is 0 Å². The number of benzene rings is 1. The molecule has 0 spiro atoms. The average Bonchev–Trinajstić information content (AvgIpc) is 2.61. The highest BCUT2D eigenvalue weighted by atomic mass is 79.9. The molecular formula is C12H13BrN2S. The fourth-order valence-corrected chi connectivity index (χ4v) is 2.82. The van der Waals surface area contributed by atoms with Crippen LogP contribution in [-0.4, -0.2) is 4.98 Å². The summed E-state index contributed by atoms with van der Waals surface area (Å²) < 4.78 is 1.08. The molecule has 0 aliphatic carbocycles. The summed E-state index contributed by atoms with van der Waals surface area (Å²) in [5, 5.41) is 0.654. The largest absolute Gasteiger partial charge is 0.375 e. The fraction of sp³-hybridized carbons (Fsp3) is 0.250. The van der Waals surface area contributed by atoms with E-state index in [0.29, 0.717) is 5.13 Å². The van der Waals surface area contributed by atoms with Crippen LogP contribution in [0, 0.1) is 0 Å². The topological polar surface area (TPSA) is 38.9 Å². The minimum atomic E-state index is 0.654. The first-order valence-corrected chi connectivity index (χ1v) is 6.82. The number of nitrogens with zero attached hydrogens (tertiary/aromatic N) is 1. The van der Waals surface area contributed by atoms with Gasteiger partial charge in [0.2, 0.25) is 0 Å². The summed E-state index contributed by atoms with van der Waals surface area (Å²) in [6.07, 6.45) is 2.16. The van der Waals surface area contributed by atoms with Crippen molar-refractivity contribution in [2.24, 2.45) is 0 Å². The van der Waals surface area contributed by atoms with Crippen molar-refractivity contribution in [3.8, 4) is 11.3 Å². The van der Waals surface area contributed by atoms with Gasteiger partial charge in [0.15, 0.2) is 5.13 Å². The molecule has 0 aliphatic heterocycles. The highest BCUT2D eigenvalue weighted by molar-refractivity contribution is 9.10. The summed E-state index contributed by atoms with van der Waals surface area (Å²) in [7, 11) is 0. The highest BCUT2D eigenvalue weighted by Crippen LogP contribution is 2.31. The van der Waals surface area contributed by atoms with Crippen molar-refractivity contribution in [3.05, 3.63) is 33.6 Å². The van der Waals surface area contributed by atoms with Crippen LogP contribution in [0.3, 0.4) is 0 Å². The van der Waals surface area contributed by atoms with Gasteiger partial charge in [0.25, 0.3) is 0 Å². The lowest BCUT2D eigenvalue weighted by Crippen LogP contribution is -1.86. The molecule has 2 aromatic rings. The van der Waals surface area contributed by atoms with E-state index < -0.39 is 0 Å². The van der Waals surface area contributed by atoms with E-state index in [4.69, 9.17) is 5.73 Å². The number of aromatic nitrogens is 1. The molecule has 84 valence electrons. The fourth-order valence-electron chi connectivity index (χ4n) is 1.60. The van der Waals surface area contributed by atoms with E-state index in [-0.39, 0.29) is 0 Å². The third kappa shape index (κ3) is 2.44. The van der Waals surface area contributed by atoms with Gasteiger partial charge < -0.3 is 5.73 Å². The summed E-state index contributed by atoms with van der Waals surface area (Å²) >= 11 is 5.02. The Morgan fingerprint density at radius 1 is 1.31 bits per heavy atom. The Balaban J connectivity index is 2.42. The van der Waals surface area contributed by atoms with Crippen LogP contribution in [0.4, 0.5) is 5.13 Å². The number of nitrogen functional groups attached to an aromatic ring is 1. The molecule has 0 atom stereocenters. The van der Waals surface area contributed by atoms with Crippen LogP contribution in [0.25, 0.3) is 11.3 Å². The number of anilines is 1. The standard InChI is InChI=1S/C12H13BrN2S/c1-2-3-10-11(15-12(14)16-10)8-4-6-9(13)7-5-8/h4-7H,2-3H2,1H3,(H2,14,15). The molecule has 0 amide bonds. The number of aryl methyl sites for hydroxylation is 1. The Bertz CT molecular complexity index is 476. The molecule has 0 fully saturated rings. The van der Waals surface area contributed by atoms with E-state index in [1.165, 1.54) is 4.88 Å². The van der Waals surface area contributed by atoms with E-state index in [2.05, 4.69) is 40.0 Å². The molecule has 0 bridgehead atoms. The first-order chi connectivity index (χ1) is 7.70. The number of halogens is 1. The summed E-state index contributed by atoms with van der Waals surface area (Å²) in [6, 6.07) is 8.19. The van der Waals surface area contributed by atoms with Crippen LogP contribution < -0.4 is 5.73 Å². The molecule has 0 saturated carbocycles. The van der Waals surface area contributed by atoms with E-state index in [9.17, 15) is 0 Å². The van der Waals surface area contributed by atoms with Crippen molar-refractivity contribution < 1.29 is 0 Å². The Kier molecular flexibility index (Phi) is 3.61. The van der Waals surface area contributed by atoms with Crippen molar-refractivity contribution in [1.82, 2.24) is 4.98 Å². The second kappa shape index (κ2) is 4.97. The van der Waals surface area contributed by atoms with Crippen molar-refractivity contribution >= 4 is 32.4 Å². The van der Waals surface area contributed by atoms with Crippen molar-refractivity contribution in [1.29, 1.82) is 0 Å². The second-order valence-corrected chi connectivity index (χ2v) is 5.61. The molecule has 0 aliphatic rings. The minimum Gasteiger partial charge on any atom is -0.375 e. The zero-order valence-corrected chi connectivity index (χ0v) is 11.4. The van der Waals surface area contributed by atoms with Gasteiger partial charge in [-0.3, -0.25) is 0 Å². The highest BCUT2D eigenvalue weighted by Gasteiger charge is 2.10. The van der Waals surface area contributed by atoms with Gasteiger partial charge in [-0.25, -0.2) is 4.98 Å². The minimum absolute atomic E-state index is 0.654. The zero-order valence-electron chi connectivity index (χ0n) is 9.03. The van der Waals surface area contributed by atoms with Crippen molar-refractivity contribution in [2.75, 3.05) is 5.73 Å². The van der Waals surface area contributed by atoms with Crippen molar-refractivity contribution in [3.63, 3.8) is 0 Å². The van der Waals surface area contributed by atoms with Crippen LogP contribution >= 0.6 is 27.3 Å². The van der Waals surface area contributed by atoms with E-state index in [1.54, 1.807) is 11.3 Å². The molecule has 0 radical (unpaired) electrons. The molecule has 0 saturated heterocycles. The van der Waals surface area contributed by atoms with Crippen LogP contribution in [0.15, 0.2) is 28.7 Å². The van der Waals surface area contributed by atoms with Gasteiger partial charge in [-0.2, -0.15) is 0 Å². The van der Waals surface area contributed by atoms with Crippen LogP contribution in [-0.2, 0) is 6.42 Å². The monoisotopic (exact) mass is 296 g/mol. The van der Waals surface area contributed by atoms with E-state index in [0.717, 1.165) is 28.6 Å². The Morgan fingerprint density at radius 2 is 2.00 bits per heavy atom. The average molecular weight is 297 g/mol. The summed E-state index contributed by atoms with van der Waals surface area (Å²) in [4.78, 5) is 5.69. The predicted octanol–water partition coefficient (Wildman–Crippen LogP) is 4.11. The molecule has 1 aromatic heterocycles. The maximum Gasteiger partial charge on any atom is 0.180 e. The molecule has 1 heterocycles. The predicted molar refractivity (Wildman–Crippen MR) is 73.7 cm³/mol. The summed E-state index contributed by atoms with van der Waals surface area (Å²) in [5.74, 6) is 0. The molecule has 0 unspecified atom stereocenters. The Morgan fingerprint density at radius 3 is 2.62 bits per heavy atom. The van der Waals surface area contributed by atoms with Crippen LogP contribution in [0.5, 0.6) is 0 Å². The number of nitrogens with two attached hydrogens (primary N) is 1. The number of hydrogen-bond donors (Lipinski definition) is 1. The van der Waals surface area contributed by atoms with E-state index >= 15 is 0 Å². The van der Waals surface area contributed by atoms with Gasteiger partial charge >= 0.3 is 0 Å². The van der Waals surface area contributed by atoms with Crippen LogP contribution in [0.1, 0.15) is 18.2 Å². The molecule has 1 aromatic carbocycles. The molecule has 2 N–H and O–H groups in total. The molecule has 4 heteroatoms. The zero-order chi connectivity index (χ0) is 11.5. The Labute approximate surface area is 108 Å². The lowest BCUT2D eigenvalue weighted by molar-refractivity contribution is 0.938. The van der Waals surface area contributed by atoms with Gasteiger partial charge in [0, 0.05) is 14.9 Å².